The molecule has 29 heavy (non-hydrogen) atoms. The van der Waals surface area contributed by atoms with Gasteiger partial charge in [-0.05, 0) is 35.0 Å². The molecule has 3 rings (SSSR count). The number of carbonyl (C=O) groups excluding carboxylic acids is 1. The molecule has 9 heteroatoms. The summed E-state index contributed by atoms with van der Waals surface area (Å²) < 4.78 is 36.8. The maximum absolute atomic E-state index is 12.9. The van der Waals surface area contributed by atoms with Gasteiger partial charge in [0.05, 0.1) is 5.56 Å². The van der Waals surface area contributed by atoms with Crippen LogP contribution in [0.1, 0.15) is 15.9 Å². The normalized spacial score (nSPS) is 13.2. The van der Waals surface area contributed by atoms with Crippen LogP contribution in [0.2, 0.25) is 0 Å². The smallest absolute Gasteiger partial charge is 0.362 e. The average Bonchev–Trinajstić information content (AvgIpc) is 2.66. The van der Waals surface area contributed by atoms with Gasteiger partial charge in [-0.25, -0.2) is 0 Å². The molecule has 2 N–H and O–H groups in total. The van der Waals surface area contributed by atoms with Crippen LogP contribution in [0.5, 0.6) is 0 Å². The quantitative estimate of drug-likeness (QED) is 0.349. The third-order valence-electron chi connectivity index (χ3n) is 4.14. The van der Waals surface area contributed by atoms with Crippen molar-refractivity contribution in [3.05, 3.63) is 77.9 Å². The largest absolute Gasteiger partial charge is 0.416 e. The maximum Gasteiger partial charge on any atom is 0.416 e. The summed E-state index contributed by atoms with van der Waals surface area (Å²) >= 11 is 17.9. The Morgan fingerprint density at radius 3 is 2.24 bits per heavy atom. The Morgan fingerprint density at radius 1 is 0.897 bits per heavy atom. The highest BCUT2D eigenvalue weighted by Gasteiger charge is 2.35. The summed E-state index contributed by atoms with van der Waals surface area (Å²) in [4.78, 5) is 12.8. The fourth-order valence-corrected chi connectivity index (χ4v) is 3.11. The highest BCUT2D eigenvalue weighted by molar-refractivity contribution is 6.68. The Bertz CT molecular complexity index is 1030. The molecule has 0 fully saturated rings. The molecule has 0 aliphatic rings. The fraction of sp³-hybridized carbons (Fsp3) is 0.150. The van der Waals surface area contributed by atoms with Crippen molar-refractivity contribution in [2.24, 2.45) is 0 Å². The predicted octanol–water partition coefficient (Wildman–Crippen LogP) is 6.40. The van der Waals surface area contributed by atoms with Crippen LogP contribution in [0, 0.1) is 0 Å². The molecule has 3 nitrogen and oxygen atoms in total. The highest BCUT2D eigenvalue weighted by atomic mass is 35.6. The number of benzene rings is 3. The number of hydrogen-bond donors (Lipinski definition) is 2. The maximum atomic E-state index is 12.9. The molecule has 0 aliphatic heterocycles. The van der Waals surface area contributed by atoms with Crippen LogP contribution >= 0.6 is 34.8 Å². The first-order chi connectivity index (χ1) is 13.6. The number of amides is 1. The first-order valence-corrected chi connectivity index (χ1v) is 9.48. The fourth-order valence-electron chi connectivity index (χ4n) is 2.78. The third-order valence-corrected chi connectivity index (χ3v) is 4.79. The minimum absolute atomic E-state index is 0.0365. The van der Waals surface area contributed by atoms with Gasteiger partial charge in [0, 0.05) is 11.3 Å². The standard InChI is InChI=1S/C20H14Cl3F3N2O/c21-19(22,23)18(27-14-8-4-7-13(11-14)20(24,25)26)28-17(29)16-10-3-6-12-5-1-2-9-15(12)16/h1-11,18,27H,(H,28,29). The van der Waals surface area contributed by atoms with E-state index in [1.54, 1.807) is 24.3 Å². The zero-order chi connectivity index (χ0) is 21.2. The van der Waals surface area contributed by atoms with Gasteiger partial charge < -0.3 is 10.6 Å². The Labute approximate surface area is 179 Å². The lowest BCUT2D eigenvalue weighted by molar-refractivity contribution is -0.137. The summed E-state index contributed by atoms with van der Waals surface area (Å²) in [5, 5.41) is 6.73. The van der Waals surface area contributed by atoms with Crippen molar-refractivity contribution < 1.29 is 18.0 Å². The number of carbonyl (C=O) groups is 1. The zero-order valence-corrected chi connectivity index (χ0v) is 16.9. The average molecular weight is 462 g/mol. The summed E-state index contributed by atoms with van der Waals surface area (Å²) in [6.45, 7) is 0. The van der Waals surface area contributed by atoms with E-state index in [2.05, 4.69) is 10.6 Å². The second kappa shape index (κ2) is 8.30. The molecule has 152 valence electrons. The second-order valence-corrected chi connectivity index (χ2v) is 8.57. The van der Waals surface area contributed by atoms with Crippen molar-refractivity contribution >= 4 is 57.2 Å². The second-order valence-electron chi connectivity index (χ2n) is 6.20. The number of rotatable bonds is 4. The number of fused-ring (bicyclic) bond motifs is 1. The molecule has 0 saturated heterocycles. The molecule has 1 atom stereocenters. The van der Waals surface area contributed by atoms with Crippen LogP contribution in [0.15, 0.2) is 66.7 Å². The molecule has 0 heterocycles. The Hall–Kier alpha value is -2.15. The molecule has 0 spiro atoms. The van der Waals surface area contributed by atoms with E-state index in [-0.39, 0.29) is 5.69 Å². The topological polar surface area (TPSA) is 41.1 Å². The minimum atomic E-state index is -4.53. The van der Waals surface area contributed by atoms with Crippen LogP contribution in [-0.2, 0) is 6.18 Å². The van der Waals surface area contributed by atoms with Gasteiger partial charge >= 0.3 is 6.18 Å². The lowest BCUT2D eigenvalue weighted by atomic mass is 10.0. The molecule has 3 aromatic carbocycles. The van der Waals surface area contributed by atoms with Gasteiger partial charge in [0.15, 0.2) is 0 Å². The zero-order valence-electron chi connectivity index (χ0n) is 14.6. The third kappa shape index (κ3) is 5.26. The van der Waals surface area contributed by atoms with Crippen molar-refractivity contribution in [2.45, 2.75) is 16.1 Å². The van der Waals surface area contributed by atoms with E-state index in [4.69, 9.17) is 34.8 Å². The molecule has 1 amide bonds. The van der Waals surface area contributed by atoms with Crippen molar-refractivity contribution in [2.75, 3.05) is 5.32 Å². The number of alkyl halides is 6. The molecule has 0 aliphatic carbocycles. The molecule has 0 bridgehead atoms. The molecule has 0 aromatic heterocycles. The van der Waals surface area contributed by atoms with E-state index in [0.717, 1.165) is 17.5 Å². The van der Waals surface area contributed by atoms with Crippen molar-refractivity contribution in [3.8, 4) is 0 Å². The Morgan fingerprint density at radius 2 is 1.55 bits per heavy atom. The van der Waals surface area contributed by atoms with E-state index >= 15 is 0 Å². The molecular formula is C20H14Cl3F3N2O. The molecule has 1 unspecified atom stereocenters. The van der Waals surface area contributed by atoms with Crippen molar-refractivity contribution in [1.29, 1.82) is 0 Å². The first kappa shape index (κ1) is 21.6. The van der Waals surface area contributed by atoms with Gasteiger partial charge in [-0.3, -0.25) is 4.79 Å². The van der Waals surface area contributed by atoms with Gasteiger partial charge in [-0.15, -0.1) is 0 Å². The van der Waals surface area contributed by atoms with E-state index in [1.807, 2.05) is 18.2 Å². The molecule has 3 aromatic rings. The monoisotopic (exact) mass is 460 g/mol. The molecule has 0 radical (unpaired) electrons. The van der Waals surface area contributed by atoms with E-state index in [0.29, 0.717) is 10.9 Å². The van der Waals surface area contributed by atoms with Crippen LogP contribution in [-0.4, -0.2) is 15.9 Å². The van der Waals surface area contributed by atoms with Crippen LogP contribution < -0.4 is 10.6 Å². The first-order valence-electron chi connectivity index (χ1n) is 8.35. The Balaban J connectivity index is 1.88. The lowest BCUT2D eigenvalue weighted by Gasteiger charge is -2.28. The number of hydrogen-bond acceptors (Lipinski definition) is 2. The summed E-state index contributed by atoms with van der Waals surface area (Å²) in [7, 11) is 0. The Kier molecular flexibility index (Phi) is 6.17. The SMILES string of the molecule is O=C(NC(Nc1cccc(C(F)(F)F)c1)C(Cl)(Cl)Cl)c1cccc2ccccc12. The van der Waals surface area contributed by atoms with Crippen LogP contribution in [0.4, 0.5) is 18.9 Å². The van der Waals surface area contributed by atoms with Crippen LogP contribution in [0.25, 0.3) is 10.8 Å². The number of nitrogens with one attached hydrogen (secondary N) is 2. The summed E-state index contributed by atoms with van der Waals surface area (Å²) in [5.74, 6) is -0.544. The lowest BCUT2D eigenvalue weighted by Crippen LogP contribution is -2.49. The van der Waals surface area contributed by atoms with Gasteiger partial charge in [-0.2, -0.15) is 13.2 Å². The minimum Gasteiger partial charge on any atom is -0.362 e. The molecule has 0 saturated carbocycles. The summed E-state index contributed by atoms with van der Waals surface area (Å²) in [6, 6.07) is 16.8. The summed E-state index contributed by atoms with van der Waals surface area (Å²) in [6.07, 6.45) is -5.82. The van der Waals surface area contributed by atoms with Crippen molar-refractivity contribution in [3.63, 3.8) is 0 Å². The predicted molar refractivity (Wildman–Crippen MR) is 111 cm³/mol. The van der Waals surface area contributed by atoms with Crippen LogP contribution in [0.3, 0.4) is 0 Å². The van der Waals surface area contributed by atoms with E-state index in [9.17, 15) is 18.0 Å². The van der Waals surface area contributed by atoms with E-state index < -0.39 is 27.6 Å². The molecular weight excluding hydrogens is 448 g/mol. The number of anilines is 1. The van der Waals surface area contributed by atoms with Gasteiger partial charge in [0.1, 0.15) is 6.17 Å². The summed E-state index contributed by atoms with van der Waals surface area (Å²) in [5.41, 5.74) is -0.492. The van der Waals surface area contributed by atoms with Gasteiger partial charge in [0.2, 0.25) is 3.79 Å². The van der Waals surface area contributed by atoms with Gasteiger partial charge in [-0.1, -0.05) is 77.3 Å². The number of halogens is 6. The highest BCUT2D eigenvalue weighted by Crippen LogP contribution is 2.34. The van der Waals surface area contributed by atoms with E-state index in [1.165, 1.54) is 12.1 Å². The van der Waals surface area contributed by atoms with Crippen molar-refractivity contribution in [1.82, 2.24) is 5.32 Å². The van der Waals surface area contributed by atoms with Gasteiger partial charge in [0.25, 0.3) is 5.91 Å².